The van der Waals surface area contributed by atoms with Crippen LogP contribution in [0.15, 0.2) is 36.7 Å². The molecule has 0 radical (unpaired) electrons. The van der Waals surface area contributed by atoms with Crippen LogP contribution in [0.5, 0.6) is 5.75 Å². The Bertz CT molecular complexity index is 959. The van der Waals surface area contributed by atoms with Crippen molar-refractivity contribution in [1.82, 2.24) is 15.3 Å². The first kappa shape index (κ1) is 34.6. The molecule has 1 heterocycles. The summed E-state index contributed by atoms with van der Waals surface area (Å²) in [5.41, 5.74) is 2.12. The van der Waals surface area contributed by atoms with E-state index in [1.54, 1.807) is 0 Å². The summed E-state index contributed by atoms with van der Waals surface area (Å²) in [5.74, 6) is 1.21. The highest BCUT2D eigenvalue weighted by Gasteiger charge is 2.30. The van der Waals surface area contributed by atoms with E-state index in [-0.39, 0.29) is 18.9 Å². The molecule has 0 fully saturated rings. The van der Waals surface area contributed by atoms with Gasteiger partial charge in [-0.05, 0) is 55.5 Å². The van der Waals surface area contributed by atoms with Crippen LogP contribution in [0.1, 0.15) is 83.1 Å². The lowest BCUT2D eigenvalue weighted by molar-refractivity contribution is -0.126. The van der Waals surface area contributed by atoms with Crippen molar-refractivity contribution in [3.05, 3.63) is 42.2 Å². The second kappa shape index (κ2) is 20.3. The number of carbonyl (C=O) groups excluding carboxylic acids is 1. The Morgan fingerprint density at radius 2 is 1.44 bits per heavy atom. The van der Waals surface area contributed by atoms with E-state index in [4.69, 9.17) is 9.84 Å². The largest absolute Gasteiger partial charge is 0.494 e. The highest BCUT2D eigenvalue weighted by molar-refractivity contribution is 5.75. The lowest BCUT2D eigenvalue weighted by Crippen LogP contribution is -2.49. The van der Waals surface area contributed by atoms with Gasteiger partial charge in [0.15, 0.2) is 5.82 Å². The maximum absolute atomic E-state index is 11.9. The topological polar surface area (TPSA) is 165 Å². The van der Waals surface area contributed by atoms with E-state index < -0.39 is 31.0 Å². The van der Waals surface area contributed by atoms with E-state index in [0.717, 1.165) is 37.0 Å². The molecule has 0 unspecified atom stereocenters. The molecule has 0 aliphatic rings. The highest BCUT2D eigenvalue weighted by Crippen LogP contribution is 2.20. The average Bonchev–Trinajstić information content (AvgIpc) is 3.00. The van der Waals surface area contributed by atoms with Crippen molar-refractivity contribution < 1.29 is 35.1 Å². The number of unbranched alkanes of at least 4 members (excludes halogenated alkanes) is 8. The molecule has 6 N–H and O–H groups in total. The molecular formula is C31H49N3O7. The molecule has 41 heavy (non-hydrogen) atoms. The van der Waals surface area contributed by atoms with Crippen molar-refractivity contribution in [2.75, 3.05) is 19.8 Å². The zero-order valence-electron chi connectivity index (χ0n) is 24.3. The van der Waals surface area contributed by atoms with Gasteiger partial charge in [0.05, 0.1) is 19.3 Å². The van der Waals surface area contributed by atoms with Crippen LogP contribution in [-0.2, 0) is 11.2 Å². The van der Waals surface area contributed by atoms with Gasteiger partial charge in [-0.3, -0.25) is 4.79 Å². The van der Waals surface area contributed by atoms with Gasteiger partial charge in [0.1, 0.15) is 24.1 Å². The highest BCUT2D eigenvalue weighted by atomic mass is 16.5. The molecule has 0 aliphatic carbocycles. The molecule has 1 amide bonds. The maximum atomic E-state index is 11.9. The Hall–Kier alpha value is -2.63. The summed E-state index contributed by atoms with van der Waals surface area (Å²) in [5, 5.41) is 49.8. The minimum atomic E-state index is -1.71. The van der Waals surface area contributed by atoms with Gasteiger partial charge in [0, 0.05) is 30.9 Å². The van der Waals surface area contributed by atoms with Gasteiger partial charge in [0.25, 0.3) is 0 Å². The first-order chi connectivity index (χ1) is 19.8. The summed E-state index contributed by atoms with van der Waals surface area (Å²) in [6.45, 7) is 1.79. The Balaban J connectivity index is 1.56. The van der Waals surface area contributed by atoms with Gasteiger partial charge in [0.2, 0.25) is 5.91 Å². The van der Waals surface area contributed by atoms with Gasteiger partial charge < -0.3 is 35.6 Å². The lowest BCUT2D eigenvalue weighted by Gasteiger charge is -2.25. The van der Waals surface area contributed by atoms with Crippen LogP contribution >= 0.6 is 0 Å². The molecule has 2 aromatic rings. The van der Waals surface area contributed by atoms with E-state index in [2.05, 4.69) is 22.2 Å². The number of amides is 1. The Morgan fingerprint density at radius 3 is 2.12 bits per heavy atom. The molecule has 0 aliphatic heterocycles. The normalized spacial score (nSPS) is 14.3. The minimum Gasteiger partial charge on any atom is -0.494 e. The monoisotopic (exact) mass is 575 g/mol. The SMILES string of the molecule is CCCCCCCCc1cnc(-c2ccc(OCCCCCCC(=O)NC[C@@H](O)[C@H](O)[C@@H](O)[C@H](O)CO)cc2)nc1. The number of aromatic nitrogens is 2. The van der Waals surface area contributed by atoms with Crippen LogP contribution in [0.2, 0.25) is 0 Å². The number of benzene rings is 1. The molecule has 1 aromatic heterocycles. The summed E-state index contributed by atoms with van der Waals surface area (Å²) in [7, 11) is 0. The van der Waals surface area contributed by atoms with Crippen molar-refractivity contribution in [2.24, 2.45) is 0 Å². The fraction of sp³-hybridized carbons (Fsp3) is 0.645. The number of hydrogen-bond donors (Lipinski definition) is 6. The van der Waals surface area contributed by atoms with E-state index in [1.807, 2.05) is 36.7 Å². The maximum Gasteiger partial charge on any atom is 0.220 e. The third kappa shape index (κ3) is 13.7. The summed E-state index contributed by atoms with van der Waals surface area (Å²) in [6.07, 6.45) is 9.62. The van der Waals surface area contributed by atoms with Crippen molar-refractivity contribution in [1.29, 1.82) is 0 Å². The van der Waals surface area contributed by atoms with Crippen LogP contribution in [0.3, 0.4) is 0 Å². The molecule has 0 saturated carbocycles. The zero-order valence-corrected chi connectivity index (χ0v) is 24.3. The van der Waals surface area contributed by atoms with Crippen molar-refractivity contribution in [2.45, 2.75) is 108 Å². The molecule has 0 spiro atoms. The number of rotatable bonds is 22. The second-order valence-electron chi connectivity index (χ2n) is 10.6. The quantitative estimate of drug-likeness (QED) is 0.116. The van der Waals surface area contributed by atoms with Crippen LogP contribution in [0.4, 0.5) is 0 Å². The van der Waals surface area contributed by atoms with Gasteiger partial charge in [-0.25, -0.2) is 9.97 Å². The lowest BCUT2D eigenvalue weighted by atomic mass is 10.0. The minimum absolute atomic E-state index is 0.265. The standard InChI is InChI=1S/C31H49N3O7/c1-2-3-4-5-6-9-12-23-19-33-31(34-20-23)24-14-16-25(17-15-24)41-18-11-8-7-10-13-28(38)32-21-26(36)29(39)30(40)27(37)22-35/h14-17,19-20,26-27,29-30,35-37,39-40H,2-13,18,21-22H2,1H3,(H,32,38)/t26-,27-,29+,30+/m1/s1. The van der Waals surface area contributed by atoms with Crippen LogP contribution < -0.4 is 10.1 Å². The number of nitrogens with one attached hydrogen (secondary N) is 1. The van der Waals surface area contributed by atoms with E-state index >= 15 is 0 Å². The fourth-order valence-electron chi connectivity index (χ4n) is 4.36. The Labute approximate surface area is 243 Å². The number of nitrogens with zero attached hydrogens (tertiary/aromatic N) is 2. The van der Waals surface area contributed by atoms with Gasteiger partial charge in [-0.15, -0.1) is 0 Å². The Kier molecular flexibility index (Phi) is 17.1. The number of ether oxygens (including phenoxy) is 1. The summed E-state index contributed by atoms with van der Waals surface area (Å²) < 4.78 is 5.83. The molecule has 10 nitrogen and oxygen atoms in total. The van der Waals surface area contributed by atoms with Gasteiger partial charge in [-0.1, -0.05) is 51.9 Å². The van der Waals surface area contributed by atoms with Crippen LogP contribution in [0, 0.1) is 0 Å². The molecule has 230 valence electrons. The molecule has 4 atom stereocenters. The van der Waals surface area contributed by atoms with E-state index in [9.17, 15) is 25.2 Å². The molecule has 1 aromatic carbocycles. The molecule has 10 heteroatoms. The smallest absolute Gasteiger partial charge is 0.220 e. The predicted molar refractivity (Wildman–Crippen MR) is 157 cm³/mol. The fourth-order valence-corrected chi connectivity index (χ4v) is 4.36. The van der Waals surface area contributed by atoms with Crippen molar-refractivity contribution >= 4 is 5.91 Å². The summed E-state index contributed by atoms with van der Waals surface area (Å²) >= 11 is 0. The number of aliphatic hydroxyl groups excluding tert-OH is 5. The first-order valence-electron chi connectivity index (χ1n) is 15.0. The number of aliphatic hydroxyl groups is 5. The number of aryl methyl sites for hydroxylation is 1. The van der Waals surface area contributed by atoms with Crippen molar-refractivity contribution in [3.8, 4) is 17.1 Å². The second-order valence-corrected chi connectivity index (χ2v) is 10.6. The van der Waals surface area contributed by atoms with E-state index in [1.165, 1.54) is 44.1 Å². The molecule has 0 bridgehead atoms. The average molecular weight is 576 g/mol. The number of carbonyl (C=O) groups is 1. The third-order valence-electron chi connectivity index (χ3n) is 7.04. The number of hydrogen-bond acceptors (Lipinski definition) is 9. The van der Waals surface area contributed by atoms with Crippen molar-refractivity contribution in [3.63, 3.8) is 0 Å². The van der Waals surface area contributed by atoms with Crippen LogP contribution in [0.25, 0.3) is 11.4 Å². The van der Waals surface area contributed by atoms with E-state index in [0.29, 0.717) is 18.9 Å². The van der Waals surface area contributed by atoms with Gasteiger partial charge in [-0.2, -0.15) is 0 Å². The summed E-state index contributed by atoms with van der Waals surface area (Å²) in [4.78, 5) is 21.0. The molecular weight excluding hydrogens is 526 g/mol. The predicted octanol–water partition coefficient (Wildman–Crippen LogP) is 2.93. The Morgan fingerprint density at radius 1 is 0.829 bits per heavy atom. The first-order valence-corrected chi connectivity index (χ1v) is 15.0. The molecule has 0 saturated heterocycles. The van der Waals surface area contributed by atoms with Crippen LogP contribution in [-0.4, -0.2) is 85.6 Å². The molecule has 2 rings (SSSR count). The van der Waals surface area contributed by atoms with Gasteiger partial charge >= 0.3 is 0 Å². The third-order valence-corrected chi connectivity index (χ3v) is 7.04. The summed E-state index contributed by atoms with van der Waals surface area (Å²) in [6, 6.07) is 7.76. The zero-order chi connectivity index (χ0) is 29.9.